The number of amides is 3. The minimum Gasteiger partial charge on any atom is -0.340 e. The highest BCUT2D eigenvalue weighted by molar-refractivity contribution is 6.10. The number of aromatic amines is 1. The molecule has 1 aliphatic heterocycles. The topological polar surface area (TPSA) is 99.3 Å². The number of aryl methyl sites for hydroxylation is 1. The Labute approximate surface area is 208 Å². The molecule has 36 heavy (non-hydrogen) atoms. The smallest absolute Gasteiger partial charge is 0.241 e. The zero-order valence-electron chi connectivity index (χ0n) is 20.2. The predicted octanol–water partition coefficient (Wildman–Crippen LogP) is 3.07. The number of hydrogen-bond donors (Lipinski definition) is 1. The van der Waals surface area contributed by atoms with Crippen molar-refractivity contribution in [3.8, 4) is 0 Å². The van der Waals surface area contributed by atoms with Gasteiger partial charge in [-0.3, -0.25) is 29.4 Å². The van der Waals surface area contributed by atoms with E-state index in [-0.39, 0.29) is 25.3 Å². The van der Waals surface area contributed by atoms with Gasteiger partial charge in [0.25, 0.3) is 0 Å². The van der Waals surface area contributed by atoms with Crippen molar-refractivity contribution in [3.05, 3.63) is 82.7 Å². The minimum atomic E-state index is -1.47. The van der Waals surface area contributed by atoms with Crippen molar-refractivity contribution < 1.29 is 18.8 Å². The molecule has 1 aromatic carbocycles. The maximum Gasteiger partial charge on any atom is 0.241 e. The van der Waals surface area contributed by atoms with E-state index in [4.69, 9.17) is 0 Å². The molecule has 2 aromatic heterocycles. The maximum absolute atomic E-state index is 14.2. The van der Waals surface area contributed by atoms with E-state index in [2.05, 4.69) is 15.2 Å². The maximum atomic E-state index is 14.2. The summed E-state index contributed by atoms with van der Waals surface area (Å²) in [6.45, 7) is 0.345. The van der Waals surface area contributed by atoms with Crippen LogP contribution in [0.2, 0.25) is 0 Å². The molecule has 3 aromatic rings. The molecule has 3 heterocycles. The fourth-order valence-corrected chi connectivity index (χ4v) is 5.27. The van der Waals surface area contributed by atoms with Gasteiger partial charge in [-0.2, -0.15) is 5.10 Å². The number of nitrogens with zero attached hydrogens (tertiary/aromatic N) is 4. The van der Waals surface area contributed by atoms with Crippen molar-refractivity contribution in [2.24, 2.45) is 0 Å². The lowest BCUT2D eigenvalue weighted by atomic mass is 9.75. The third-order valence-corrected chi connectivity index (χ3v) is 7.26. The van der Waals surface area contributed by atoms with Crippen molar-refractivity contribution >= 4 is 17.7 Å². The van der Waals surface area contributed by atoms with Crippen LogP contribution < -0.4 is 0 Å². The number of imide groups is 1. The Morgan fingerprint density at radius 1 is 1.19 bits per heavy atom. The number of aromatic nitrogens is 3. The number of carbonyl (C=O) groups is 3. The summed E-state index contributed by atoms with van der Waals surface area (Å²) < 4.78 is 14.2. The molecule has 1 saturated heterocycles. The van der Waals surface area contributed by atoms with Crippen LogP contribution >= 0.6 is 0 Å². The Kier molecular flexibility index (Phi) is 6.38. The van der Waals surface area contributed by atoms with Gasteiger partial charge in [-0.25, -0.2) is 4.39 Å². The van der Waals surface area contributed by atoms with Gasteiger partial charge in [0.15, 0.2) is 0 Å². The van der Waals surface area contributed by atoms with Crippen LogP contribution in [0, 0.1) is 5.82 Å². The molecule has 0 spiro atoms. The number of fused-ring (bicyclic) bond motifs is 1. The van der Waals surface area contributed by atoms with E-state index < -0.39 is 23.0 Å². The molecule has 0 bridgehead atoms. The van der Waals surface area contributed by atoms with E-state index >= 15 is 0 Å². The summed E-state index contributed by atoms with van der Waals surface area (Å²) in [5.74, 6) is -1.73. The molecule has 0 saturated carbocycles. The first kappa shape index (κ1) is 23.8. The van der Waals surface area contributed by atoms with Crippen LogP contribution in [0.25, 0.3) is 0 Å². The summed E-state index contributed by atoms with van der Waals surface area (Å²) in [5.41, 5.74) is 2.66. The number of rotatable bonds is 7. The third-order valence-electron chi connectivity index (χ3n) is 7.26. The normalized spacial score (nSPS) is 19.4. The van der Waals surface area contributed by atoms with Crippen LogP contribution in [0.3, 0.4) is 0 Å². The standard InChI is InChI=1S/C27H28FN5O3/c1-32(17-23-21-9-2-3-10-22(21)30-31-23)24(34)13-27(19-7-4-8-20(28)12-19)14-25(35)33(26(27)36)16-18-6-5-11-29-15-18/h4-8,11-12,15H,2-3,9-10,13-14,16-17H2,1H3,(H,30,31). The average molecular weight is 490 g/mol. The van der Waals surface area contributed by atoms with Gasteiger partial charge in [-0.05, 0) is 60.6 Å². The number of benzene rings is 1. The van der Waals surface area contributed by atoms with Crippen molar-refractivity contribution in [1.29, 1.82) is 0 Å². The molecule has 1 N–H and O–H groups in total. The van der Waals surface area contributed by atoms with Gasteiger partial charge < -0.3 is 4.90 Å². The van der Waals surface area contributed by atoms with Crippen LogP contribution in [0.4, 0.5) is 4.39 Å². The molecule has 1 fully saturated rings. The van der Waals surface area contributed by atoms with Crippen molar-refractivity contribution in [2.75, 3.05) is 7.05 Å². The molecule has 1 unspecified atom stereocenters. The number of H-pyrrole nitrogens is 1. The van der Waals surface area contributed by atoms with E-state index in [0.29, 0.717) is 17.7 Å². The number of nitrogens with one attached hydrogen (secondary N) is 1. The highest BCUT2D eigenvalue weighted by Gasteiger charge is 2.54. The predicted molar refractivity (Wildman–Crippen MR) is 129 cm³/mol. The van der Waals surface area contributed by atoms with Crippen LogP contribution in [0.5, 0.6) is 0 Å². The van der Waals surface area contributed by atoms with E-state index in [1.807, 2.05) is 0 Å². The van der Waals surface area contributed by atoms with E-state index in [9.17, 15) is 18.8 Å². The van der Waals surface area contributed by atoms with Gasteiger partial charge in [0.05, 0.1) is 24.2 Å². The van der Waals surface area contributed by atoms with Gasteiger partial charge in [0.2, 0.25) is 17.7 Å². The molecule has 8 nitrogen and oxygen atoms in total. The van der Waals surface area contributed by atoms with Gasteiger partial charge in [-0.1, -0.05) is 18.2 Å². The Morgan fingerprint density at radius 2 is 2.03 bits per heavy atom. The molecule has 3 amide bonds. The SMILES string of the molecule is CN(Cc1n[nH]c2c1CCCC2)C(=O)CC1(c2cccc(F)c2)CC(=O)N(Cc2cccnc2)C1=O. The third kappa shape index (κ3) is 4.41. The Balaban J connectivity index is 1.42. The fraction of sp³-hybridized carbons (Fsp3) is 0.370. The molecule has 9 heteroatoms. The summed E-state index contributed by atoms with van der Waals surface area (Å²) in [4.78, 5) is 47.1. The largest absolute Gasteiger partial charge is 0.340 e. The molecular weight excluding hydrogens is 461 g/mol. The molecule has 0 radical (unpaired) electrons. The van der Waals surface area contributed by atoms with Crippen LogP contribution in [0.1, 0.15) is 53.8 Å². The summed E-state index contributed by atoms with van der Waals surface area (Å²) in [5, 5.41) is 7.51. The summed E-state index contributed by atoms with van der Waals surface area (Å²) in [6, 6.07) is 9.14. The lowest BCUT2D eigenvalue weighted by molar-refractivity contribution is -0.143. The molecule has 2 aliphatic rings. The van der Waals surface area contributed by atoms with Gasteiger partial charge in [0, 0.05) is 38.0 Å². The number of hydrogen-bond acceptors (Lipinski definition) is 5. The van der Waals surface area contributed by atoms with Crippen LogP contribution in [-0.2, 0) is 45.7 Å². The minimum absolute atomic E-state index is 0.0476. The lowest BCUT2D eigenvalue weighted by Crippen LogP contribution is -2.42. The molecule has 1 aliphatic carbocycles. The lowest BCUT2D eigenvalue weighted by Gasteiger charge is -2.29. The molecular formula is C27H28FN5O3. The Morgan fingerprint density at radius 3 is 2.81 bits per heavy atom. The summed E-state index contributed by atoms with van der Waals surface area (Å²) >= 11 is 0. The number of carbonyl (C=O) groups excluding carboxylic acids is 3. The van der Waals surface area contributed by atoms with Gasteiger partial charge >= 0.3 is 0 Å². The van der Waals surface area contributed by atoms with E-state index in [0.717, 1.165) is 47.5 Å². The molecule has 186 valence electrons. The Hall–Kier alpha value is -3.88. The Bertz CT molecular complexity index is 1310. The number of likely N-dealkylation sites (tertiary alicyclic amines) is 1. The monoisotopic (exact) mass is 489 g/mol. The van der Waals surface area contributed by atoms with Crippen molar-refractivity contribution in [1.82, 2.24) is 25.0 Å². The first-order chi connectivity index (χ1) is 17.4. The number of pyridine rings is 1. The summed E-state index contributed by atoms with van der Waals surface area (Å²) in [6.07, 6.45) is 6.83. The van der Waals surface area contributed by atoms with E-state index in [1.54, 1.807) is 37.6 Å². The molecule has 1 atom stereocenters. The number of halogens is 1. The first-order valence-electron chi connectivity index (χ1n) is 12.2. The quantitative estimate of drug-likeness (QED) is 0.515. The molecule has 5 rings (SSSR count). The summed E-state index contributed by atoms with van der Waals surface area (Å²) in [7, 11) is 1.67. The second-order valence-electron chi connectivity index (χ2n) is 9.68. The van der Waals surface area contributed by atoms with Crippen LogP contribution in [0.15, 0.2) is 48.8 Å². The average Bonchev–Trinajstić information content (AvgIpc) is 3.39. The second-order valence-corrected chi connectivity index (χ2v) is 9.68. The van der Waals surface area contributed by atoms with Crippen molar-refractivity contribution in [2.45, 2.75) is 57.0 Å². The van der Waals surface area contributed by atoms with E-state index in [1.165, 1.54) is 23.1 Å². The second kappa shape index (κ2) is 9.64. The van der Waals surface area contributed by atoms with Crippen LogP contribution in [-0.4, -0.2) is 49.8 Å². The van der Waals surface area contributed by atoms with Gasteiger partial charge in [-0.15, -0.1) is 0 Å². The zero-order chi connectivity index (χ0) is 25.3. The highest BCUT2D eigenvalue weighted by Crippen LogP contribution is 2.41. The fourth-order valence-electron chi connectivity index (χ4n) is 5.27. The highest BCUT2D eigenvalue weighted by atomic mass is 19.1. The zero-order valence-corrected chi connectivity index (χ0v) is 20.2. The first-order valence-corrected chi connectivity index (χ1v) is 12.2. The van der Waals surface area contributed by atoms with Gasteiger partial charge in [0.1, 0.15) is 5.82 Å². The van der Waals surface area contributed by atoms with Crippen molar-refractivity contribution in [3.63, 3.8) is 0 Å².